The third-order valence-electron chi connectivity index (χ3n) is 4.06. The number of hydrogen-bond acceptors (Lipinski definition) is 5. The number of fused-ring (bicyclic) bond motifs is 4. The highest BCUT2D eigenvalue weighted by Gasteiger charge is 2.16. The molecule has 25 heavy (non-hydrogen) atoms. The van der Waals surface area contributed by atoms with E-state index in [0.29, 0.717) is 11.4 Å². The van der Waals surface area contributed by atoms with Crippen LogP contribution < -0.4 is 0 Å². The van der Waals surface area contributed by atoms with E-state index in [4.69, 9.17) is 0 Å². The first-order chi connectivity index (χ1) is 12.2. The highest BCUT2D eigenvalue weighted by atomic mass is 16.3. The molecule has 0 aromatic heterocycles. The molecule has 5 nitrogen and oxygen atoms in total. The largest absolute Gasteiger partial charge is 0.504 e. The van der Waals surface area contributed by atoms with Gasteiger partial charge in [-0.2, -0.15) is 0 Å². The summed E-state index contributed by atoms with van der Waals surface area (Å²) in [4.78, 5) is 18.0. The van der Waals surface area contributed by atoms with Crippen molar-refractivity contribution >= 4 is 22.8 Å². The first-order valence-corrected chi connectivity index (χ1v) is 7.89. The van der Waals surface area contributed by atoms with Crippen LogP contribution in [0.4, 0.5) is 0 Å². The molecule has 0 amide bonds. The van der Waals surface area contributed by atoms with Crippen LogP contribution in [0.3, 0.4) is 0 Å². The highest BCUT2D eigenvalue weighted by molar-refractivity contribution is 6.15. The number of aliphatic hydroxyl groups is 1. The van der Waals surface area contributed by atoms with Crippen molar-refractivity contribution in [1.82, 2.24) is 0 Å². The maximum Gasteiger partial charge on any atom is 0.167 e. The molecular formula is C20H12N4O. The Morgan fingerprint density at radius 3 is 1.72 bits per heavy atom. The highest BCUT2D eigenvalue weighted by Crippen LogP contribution is 2.22. The van der Waals surface area contributed by atoms with Crippen molar-refractivity contribution in [2.45, 2.75) is 0 Å². The van der Waals surface area contributed by atoms with E-state index in [9.17, 15) is 5.11 Å². The van der Waals surface area contributed by atoms with E-state index in [1.54, 1.807) is 12.2 Å². The standard InChI is InChI=1S/C20H12N4O/c25-20-18-7-5-16(23-18)10-14-3-1-12(21-14)9-13-2-4-15(22-13)11-17-6-8-19(20)24-17/h1-11,25H. The van der Waals surface area contributed by atoms with E-state index < -0.39 is 0 Å². The second-order valence-corrected chi connectivity index (χ2v) is 5.88. The Labute approximate surface area is 144 Å². The molecular weight excluding hydrogens is 312 g/mol. The lowest BCUT2D eigenvalue weighted by Gasteiger charge is -1.99. The summed E-state index contributed by atoms with van der Waals surface area (Å²) in [7, 11) is 0. The van der Waals surface area contributed by atoms with Gasteiger partial charge in [0.2, 0.25) is 0 Å². The summed E-state index contributed by atoms with van der Waals surface area (Å²) in [6, 6.07) is 0. The van der Waals surface area contributed by atoms with E-state index in [1.165, 1.54) is 0 Å². The average Bonchev–Trinajstić information content (AvgIpc) is 3.36. The van der Waals surface area contributed by atoms with E-state index in [-0.39, 0.29) is 5.76 Å². The van der Waals surface area contributed by atoms with Crippen molar-refractivity contribution in [2.75, 3.05) is 0 Å². The van der Waals surface area contributed by atoms with Crippen LogP contribution in [0.1, 0.15) is 0 Å². The molecule has 0 unspecified atom stereocenters. The van der Waals surface area contributed by atoms with Crippen molar-refractivity contribution < 1.29 is 5.11 Å². The molecule has 0 aromatic rings. The summed E-state index contributed by atoms with van der Waals surface area (Å²) in [6.45, 7) is 0. The molecule has 5 rings (SSSR count). The number of hydrogen-bond donors (Lipinski definition) is 1. The quantitative estimate of drug-likeness (QED) is 0.728. The zero-order chi connectivity index (χ0) is 16.8. The van der Waals surface area contributed by atoms with Crippen LogP contribution in [-0.2, 0) is 0 Å². The second kappa shape index (κ2) is 5.21. The van der Waals surface area contributed by atoms with Gasteiger partial charge in [0.25, 0.3) is 0 Å². The fourth-order valence-electron chi connectivity index (χ4n) is 2.88. The Kier molecular flexibility index (Phi) is 2.87. The summed E-state index contributed by atoms with van der Waals surface area (Å²) < 4.78 is 0. The zero-order valence-corrected chi connectivity index (χ0v) is 13.1. The number of allylic oxidation sites excluding steroid dienone is 11. The predicted molar refractivity (Wildman–Crippen MR) is 100 cm³/mol. The average molecular weight is 324 g/mol. The Hall–Kier alpha value is -3.60. The monoisotopic (exact) mass is 324 g/mol. The normalized spacial score (nSPS) is 22.6. The van der Waals surface area contributed by atoms with Crippen molar-refractivity contribution in [3.63, 3.8) is 0 Å². The third-order valence-corrected chi connectivity index (χ3v) is 4.06. The van der Waals surface area contributed by atoms with Crippen molar-refractivity contribution in [3.8, 4) is 0 Å². The minimum atomic E-state index is 0.0621. The van der Waals surface area contributed by atoms with Gasteiger partial charge >= 0.3 is 0 Å². The van der Waals surface area contributed by atoms with Gasteiger partial charge in [0.1, 0.15) is 11.4 Å². The van der Waals surface area contributed by atoms with E-state index in [1.807, 2.05) is 54.7 Å². The Morgan fingerprint density at radius 1 is 0.520 bits per heavy atom. The second-order valence-electron chi connectivity index (χ2n) is 5.88. The van der Waals surface area contributed by atoms with E-state index >= 15 is 0 Å². The Balaban J connectivity index is 1.68. The molecule has 5 aliphatic heterocycles. The molecule has 0 fully saturated rings. The minimum Gasteiger partial charge on any atom is -0.504 e. The van der Waals surface area contributed by atoms with Gasteiger partial charge in [-0.05, 0) is 66.8 Å². The molecule has 0 spiro atoms. The molecule has 0 saturated heterocycles. The van der Waals surface area contributed by atoms with Crippen molar-refractivity contribution in [2.24, 2.45) is 20.0 Å². The Morgan fingerprint density at radius 2 is 1.04 bits per heavy atom. The molecule has 118 valence electrons. The number of aliphatic hydroxyl groups excluding tert-OH is 1. The fraction of sp³-hybridized carbons (Fsp3) is 0. The van der Waals surface area contributed by atoms with Crippen LogP contribution in [-0.4, -0.2) is 28.0 Å². The van der Waals surface area contributed by atoms with Gasteiger partial charge in [-0.15, -0.1) is 0 Å². The SMILES string of the molecule is OC1=C2C=CC(=N2)C=C2C=CC(=N2)C=C2C=CC(=N2)C=C2C=CC1=N2. The lowest BCUT2D eigenvalue weighted by atomic mass is 10.2. The van der Waals surface area contributed by atoms with Gasteiger partial charge in [0.05, 0.1) is 34.2 Å². The molecule has 8 bridgehead atoms. The van der Waals surface area contributed by atoms with Crippen LogP contribution in [0.25, 0.3) is 0 Å². The van der Waals surface area contributed by atoms with Gasteiger partial charge in [-0.3, -0.25) is 0 Å². The lowest BCUT2D eigenvalue weighted by molar-refractivity contribution is 0.439. The minimum absolute atomic E-state index is 0.0621. The molecule has 0 aliphatic carbocycles. The molecule has 5 heteroatoms. The van der Waals surface area contributed by atoms with Crippen LogP contribution in [0.5, 0.6) is 0 Å². The summed E-state index contributed by atoms with van der Waals surface area (Å²) in [5, 5.41) is 10.5. The first-order valence-electron chi connectivity index (χ1n) is 7.89. The summed E-state index contributed by atoms with van der Waals surface area (Å²) in [5.41, 5.74) is 5.79. The molecule has 1 N–H and O–H groups in total. The summed E-state index contributed by atoms with van der Waals surface area (Å²) in [6.07, 6.45) is 20.7. The maximum atomic E-state index is 10.5. The van der Waals surface area contributed by atoms with Crippen LogP contribution in [0, 0.1) is 0 Å². The maximum absolute atomic E-state index is 10.5. The van der Waals surface area contributed by atoms with Crippen molar-refractivity contribution in [3.05, 3.63) is 95.4 Å². The zero-order valence-electron chi connectivity index (χ0n) is 13.1. The predicted octanol–water partition coefficient (Wildman–Crippen LogP) is 3.46. The first kappa shape index (κ1) is 13.8. The summed E-state index contributed by atoms with van der Waals surface area (Å²) in [5.74, 6) is 0.0621. The van der Waals surface area contributed by atoms with Crippen LogP contribution >= 0.6 is 0 Å². The smallest absolute Gasteiger partial charge is 0.167 e. The van der Waals surface area contributed by atoms with Gasteiger partial charge in [0.15, 0.2) is 5.76 Å². The van der Waals surface area contributed by atoms with E-state index in [0.717, 1.165) is 34.2 Å². The number of nitrogens with zero attached hydrogens (tertiary/aromatic N) is 4. The molecule has 5 heterocycles. The summed E-state index contributed by atoms with van der Waals surface area (Å²) >= 11 is 0. The van der Waals surface area contributed by atoms with Crippen molar-refractivity contribution in [1.29, 1.82) is 0 Å². The van der Waals surface area contributed by atoms with Gasteiger partial charge < -0.3 is 5.11 Å². The van der Waals surface area contributed by atoms with Crippen LogP contribution in [0.2, 0.25) is 0 Å². The number of rotatable bonds is 0. The number of aliphatic imine (C=N–C) groups is 4. The van der Waals surface area contributed by atoms with Gasteiger partial charge in [0, 0.05) is 0 Å². The van der Waals surface area contributed by atoms with Gasteiger partial charge in [-0.25, -0.2) is 20.0 Å². The molecule has 0 saturated carbocycles. The Bertz CT molecular complexity index is 1080. The molecule has 5 aliphatic rings. The van der Waals surface area contributed by atoms with Crippen LogP contribution in [0.15, 0.2) is 115 Å². The molecule has 0 atom stereocenters. The molecule has 0 aromatic carbocycles. The van der Waals surface area contributed by atoms with Gasteiger partial charge in [-0.1, -0.05) is 0 Å². The third kappa shape index (κ3) is 2.52. The topological polar surface area (TPSA) is 69.7 Å². The lowest BCUT2D eigenvalue weighted by Crippen LogP contribution is -1.98. The molecule has 0 radical (unpaired) electrons. The fourth-order valence-corrected chi connectivity index (χ4v) is 2.88. The van der Waals surface area contributed by atoms with E-state index in [2.05, 4.69) is 20.0 Å².